The maximum atomic E-state index is 12.9. The molecule has 2 aliphatic rings. The van der Waals surface area contributed by atoms with Crippen LogP contribution in [0.3, 0.4) is 0 Å². The number of pyridine rings is 2. The van der Waals surface area contributed by atoms with Crippen molar-refractivity contribution >= 4 is 40.4 Å². The number of carbonyl (C=O) groups excluding carboxylic acids is 2. The van der Waals surface area contributed by atoms with E-state index in [9.17, 15) is 9.59 Å². The van der Waals surface area contributed by atoms with E-state index in [1.807, 2.05) is 35.0 Å². The zero-order valence-electron chi connectivity index (χ0n) is 22.2. The van der Waals surface area contributed by atoms with Gasteiger partial charge in [0.1, 0.15) is 17.3 Å². The number of nitrogens with two attached hydrogens (primary N) is 1. The Kier molecular flexibility index (Phi) is 7.14. The summed E-state index contributed by atoms with van der Waals surface area (Å²) >= 11 is 0. The molecule has 1 fully saturated rings. The number of nitriles is 1. The van der Waals surface area contributed by atoms with Crippen LogP contribution in [0.1, 0.15) is 53.2 Å². The van der Waals surface area contributed by atoms with Gasteiger partial charge < -0.3 is 21.1 Å². The van der Waals surface area contributed by atoms with Crippen LogP contribution in [0.2, 0.25) is 0 Å². The van der Waals surface area contributed by atoms with Crippen LogP contribution in [0.5, 0.6) is 0 Å². The number of hydrogen-bond acceptors (Lipinski definition) is 8. The fraction of sp³-hybridized carbons (Fsp3) is 0.267. The molecule has 0 saturated heterocycles. The molecule has 3 aromatic heterocycles. The highest BCUT2D eigenvalue weighted by Crippen LogP contribution is 2.39. The lowest BCUT2D eigenvalue weighted by atomic mass is 10.0. The number of amides is 2. The standard InChI is InChI=1S/C30H28N8O3/c31-16-18-9-11-33-24(14-18)36-30(40)20-5-3-19(4-6-20)27-26-28-21(17-34-29(26)32)2-1-12-41-13-10-25(39)35-22-7-8-23(15-22)38(28)37-27/h1-6,9,11,14,17,22-23H,7-8,10,12-13,15H2,(H2,32,34)(H,35,39)(H,33,36,40)/b2-1+/t22-,23-/m1/s1. The number of hydrogen-bond donors (Lipinski definition) is 3. The minimum absolute atomic E-state index is 0.00508. The molecule has 206 valence electrons. The van der Waals surface area contributed by atoms with Gasteiger partial charge >= 0.3 is 0 Å². The summed E-state index contributed by atoms with van der Waals surface area (Å²) in [6, 6.07) is 12.3. The van der Waals surface area contributed by atoms with E-state index in [0.717, 1.165) is 41.3 Å². The number of nitrogen functional groups attached to an aromatic ring is 1. The SMILES string of the molecule is N#Cc1ccnc(NC(=O)c2ccc(-c3nn4c5c(cnc(N)c35)/C=C/COCCC(=O)N[C@@H]3CC[C@@H]4C3)cc2)c1. The molecule has 0 unspecified atom stereocenters. The molecule has 2 amide bonds. The first-order valence-corrected chi connectivity index (χ1v) is 13.5. The van der Waals surface area contributed by atoms with E-state index >= 15 is 0 Å². The Balaban J connectivity index is 1.37. The Bertz CT molecular complexity index is 1700. The quantitative estimate of drug-likeness (QED) is 0.348. The van der Waals surface area contributed by atoms with Crippen molar-refractivity contribution in [1.29, 1.82) is 5.26 Å². The summed E-state index contributed by atoms with van der Waals surface area (Å²) < 4.78 is 7.65. The maximum absolute atomic E-state index is 12.9. The Morgan fingerprint density at radius 1 is 1.20 bits per heavy atom. The molecular formula is C30H28N8O3. The summed E-state index contributed by atoms with van der Waals surface area (Å²) in [6.45, 7) is 0.730. The highest BCUT2D eigenvalue weighted by Gasteiger charge is 2.31. The predicted molar refractivity (Wildman–Crippen MR) is 154 cm³/mol. The van der Waals surface area contributed by atoms with E-state index in [4.69, 9.17) is 20.8 Å². The minimum Gasteiger partial charge on any atom is -0.383 e. The predicted octanol–water partition coefficient (Wildman–Crippen LogP) is 3.84. The third-order valence-electron chi connectivity index (χ3n) is 7.43. The zero-order chi connectivity index (χ0) is 28.3. The first kappa shape index (κ1) is 26.2. The molecular weight excluding hydrogens is 520 g/mol. The van der Waals surface area contributed by atoms with Crippen molar-refractivity contribution in [2.45, 2.75) is 37.8 Å². The molecule has 41 heavy (non-hydrogen) atoms. The van der Waals surface area contributed by atoms with Crippen LogP contribution < -0.4 is 16.4 Å². The first-order chi connectivity index (χ1) is 20.0. The van der Waals surface area contributed by atoms with Gasteiger partial charge in [-0.15, -0.1) is 0 Å². The normalized spacial score (nSPS) is 19.6. The van der Waals surface area contributed by atoms with Gasteiger partial charge in [-0.2, -0.15) is 10.4 Å². The van der Waals surface area contributed by atoms with Gasteiger partial charge in [-0.05, 0) is 43.5 Å². The van der Waals surface area contributed by atoms with Gasteiger partial charge in [0.2, 0.25) is 5.91 Å². The van der Waals surface area contributed by atoms with Crippen molar-refractivity contribution < 1.29 is 14.3 Å². The van der Waals surface area contributed by atoms with E-state index in [0.29, 0.717) is 48.1 Å². The van der Waals surface area contributed by atoms with Crippen LogP contribution >= 0.6 is 0 Å². The average molecular weight is 549 g/mol. The summed E-state index contributed by atoms with van der Waals surface area (Å²) in [5.74, 6) is 0.314. The van der Waals surface area contributed by atoms with Crippen molar-refractivity contribution in [2.75, 3.05) is 24.3 Å². The van der Waals surface area contributed by atoms with Gasteiger partial charge in [-0.3, -0.25) is 14.3 Å². The number of benzene rings is 1. The summed E-state index contributed by atoms with van der Waals surface area (Å²) in [7, 11) is 0. The Hall–Kier alpha value is -5.08. The number of anilines is 2. The first-order valence-electron chi connectivity index (χ1n) is 13.5. The summed E-state index contributed by atoms with van der Waals surface area (Å²) in [5, 5.41) is 20.8. The van der Waals surface area contributed by atoms with Gasteiger partial charge in [0.25, 0.3) is 5.91 Å². The smallest absolute Gasteiger partial charge is 0.256 e. The lowest BCUT2D eigenvalue weighted by Gasteiger charge is -2.16. The van der Waals surface area contributed by atoms with Crippen LogP contribution in [0.15, 0.2) is 54.9 Å². The Morgan fingerprint density at radius 3 is 2.88 bits per heavy atom. The van der Waals surface area contributed by atoms with Crippen LogP contribution in [0.25, 0.3) is 28.2 Å². The van der Waals surface area contributed by atoms with Crippen LogP contribution in [-0.2, 0) is 9.53 Å². The number of ether oxygens (including phenoxy) is 1. The second-order valence-corrected chi connectivity index (χ2v) is 10.1. The topological polar surface area (TPSA) is 161 Å². The molecule has 1 aromatic carbocycles. The molecule has 6 rings (SSSR count). The lowest BCUT2D eigenvalue weighted by Crippen LogP contribution is -2.33. The number of nitrogens with one attached hydrogen (secondary N) is 2. The molecule has 4 N–H and O–H groups in total. The molecule has 0 radical (unpaired) electrons. The molecule has 1 aliphatic heterocycles. The van der Waals surface area contributed by atoms with Gasteiger partial charge in [-0.1, -0.05) is 24.3 Å². The second-order valence-electron chi connectivity index (χ2n) is 10.1. The molecule has 0 spiro atoms. The van der Waals surface area contributed by atoms with E-state index in [1.54, 1.807) is 24.4 Å². The number of rotatable bonds is 3. The van der Waals surface area contributed by atoms with E-state index in [-0.39, 0.29) is 23.9 Å². The molecule has 11 nitrogen and oxygen atoms in total. The molecule has 4 heterocycles. The van der Waals surface area contributed by atoms with Gasteiger partial charge in [-0.25, -0.2) is 9.97 Å². The summed E-state index contributed by atoms with van der Waals surface area (Å²) in [5.41, 5.74) is 10.5. The number of nitrogens with zero attached hydrogens (tertiary/aromatic N) is 5. The largest absolute Gasteiger partial charge is 0.383 e. The highest BCUT2D eigenvalue weighted by atomic mass is 16.5. The van der Waals surface area contributed by atoms with Gasteiger partial charge in [0, 0.05) is 41.5 Å². The van der Waals surface area contributed by atoms with Crippen LogP contribution in [0.4, 0.5) is 11.6 Å². The van der Waals surface area contributed by atoms with Crippen LogP contribution in [0, 0.1) is 11.3 Å². The summed E-state index contributed by atoms with van der Waals surface area (Å²) in [4.78, 5) is 33.8. The molecule has 11 heteroatoms. The van der Waals surface area contributed by atoms with E-state index in [2.05, 4.69) is 20.6 Å². The Labute approximate surface area is 236 Å². The summed E-state index contributed by atoms with van der Waals surface area (Å²) in [6.07, 6.45) is 9.89. The molecule has 4 aromatic rings. The lowest BCUT2D eigenvalue weighted by molar-refractivity contribution is -0.122. The van der Waals surface area contributed by atoms with E-state index < -0.39 is 0 Å². The maximum Gasteiger partial charge on any atom is 0.256 e. The third-order valence-corrected chi connectivity index (χ3v) is 7.43. The van der Waals surface area contributed by atoms with Crippen molar-refractivity contribution in [1.82, 2.24) is 25.1 Å². The Morgan fingerprint density at radius 2 is 2.05 bits per heavy atom. The van der Waals surface area contributed by atoms with Crippen molar-refractivity contribution in [3.63, 3.8) is 0 Å². The average Bonchev–Trinajstić information content (AvgIpc) is 3.61. The van der Waals surface area contributed by atoms with Gasteiger partial charge in [0.15, 0.2) is 0 Å². The monoisotopic (exact) mass is 548 g/mol. The number of fused-ring (bicyclic) bond motifs is 3. The van der Waals surface area contributed by atoms with Crippen LogP contribution in [-0.4, -0.2) is 50.8 Å². The zero-order valence-corrected chi connectivity index (χ0v) is 22.2. The van der Waals surface area contributed by atoms with Crippen molar-refractivity contribution in [3.05, 3.63) is 71.6 Å². The van der Waals surface area contributed by atoms with Crippen molar-refractivity contribution in [2.24, 2.45) is 0 Å². The highest BCUT2D eigenvalue weighted by molar-refractivity contribution is 6.06. The fourth-order valence-corrected chi connectivity index (χ4v) is 5.45. The van der Waals surface area contributed by atoms with Gasteiger partial charge in [0.05, 0.1) is 41.8 Å². The minimum atomic E-state index is -0.346. The molecule has 1 aliphatic carbocycles. The van der Waals surface area contributed by atoms with Crippen molar-refractivity contribution in [3.8, 4) is 17.3 Å². The molecule has 2 atom stereocenters. The fourth-order valence-electron chi connectivity index (χ4n) is 5.45. The van der Waals surface area contributed by atoms with E-state index in [1.165, 1.54) is 12.3 Å². The number of carbonyl (C=O) groups is 2. The second kappa shape index (κ2) is 11.2. The molecule has 1 saturated carbocycles. The third kappa shape index (κ3) is 5.37. The number of aromatic nitrogens is 4. The molecule has 2 bridgehead atoms.